The summed E-state index contributed by atoms with van der Waals surface area (Å²) in [5.74, 6) is -0.485. The molecular weight excluding hydrogens is 297 g/mol. The van der Waals surface area contributed by atoms with Crippen LogP contribution in [0.15, 0.2) is 24.3 Å². The Hall–Kier alpha value is -2.11. The van der Waals surface area contributed by atoms with Crippen LogP contribution < -0.4 is 5.32 Å². The van der Waals surface area contributed by atoms with Gasteiger partial charge in [0.15, 0.2) is 0 Å². The molecule has 0 aliphatic carbocycles. The van der Waals surface area contributed by atoms with E-state index >= 15 is 0 Å². The van der Waals surface area contributed by atoms with Gasteiger partial charge >= 0.3 is 6.03 Å². The molecule has 2 rings (SSSR count). The van der Waals surface area contributed by atoms with Crippen LogP contribution in [0.25, 0.3) is 0 Å². The number of piperazine rings is 1. The van der Waals surface area contributed by atoms with Gasteiger partial charge in [-0.2, -0.15) is 0 Å². The van der Waals surface area contributed by atoms with E-state index in [2.05, 4.69) is 26.1 Å². The van der Waals surface area contributed by atoms with Crippen molar-refractivity contribution in [2.45, 2.75) is 20.8 Å². The first-order valence-corrected chi connectivity index (χ1v) is 7.84. The van der Waals surface area contributed by atoms with E-state index in [0.29, 0.717) is 38.3 Å². The highest BCUT2D eigenvalue weighted by Gasteiger charge is 2.25. The maximum Gasteiger partial charge on any atom is 0.317 e. The predicted molar refractivity (Wildman–Crippen MR) is 86.7 cm³/mol. The van der Waals surface area contributed by atoms with Gasteiger partial charge in [0, 0.05) is 38.3 Å². The Morgan fingerprint density at radius 2 is 1.57 bits per heavy atom. The zero-order valence-corrected chi connectivity index (χ0v) is 13.9. The molecule has 1 fully saturated rings. The van der Waals surface area contributed by atoms with Crippen LogP contribution in [0.1, 0.15) is 31.1 Å². The van der Waals surface area contributed by atoms with Crippen molar-refractivity contribution in [3.05, 3.63) is 35.6 Å². The van der Waals surface area contributed by atoms with Gasteiger partial charge in [0.05, 0.1) is 0 Å². The molecule has 0 aromatic heterocycles. The van der Waals surface area contributed by atoms with Crippen molar-refractivity contribution in [1.82, 2.24) is 15.1 Å². The van der Waals surface area contributed by atoms with Crippen molar-refractivity contribution in [1.29, 1.82) is 0 Å². The molecule has 0 saturated carbocycles. The number of benzene rings is 1. The van der Waals surface area contributed by atoms with E-state index in [0.717, 1.165) is 0 Å². The maximum absolute atomic E-state index is 12.9. The lowest BCUT2D eigenvalue weighted by Crippen LogP contribution is -2.53. The topological polar surface area (TPSA) is 52.7 Å². The van der Waals surface area contributed by atoms with E-state index in [-0.39, 0.29) is 23.2 Å². The number of urea groups is 1. The Balaban J connectivity index is 1.84. The van der Waals surface area contributed by atoms with Gasteiger partial charge in [0.2, 0.25) is 0 Å². The summed E-state index contributed by atoms with van der Waals surface area (Å²) in [6, 6.07) is 5.45. The number of carbonyl (C=O) groups excluding carboxylic acids is 2. The molecule has 5 nitrogen and oxygen atoms in total. The fraction of sp³-hybridized carbons (Fsp3) is 0.529. The number of halogens is 1. The van der Waals surface area contributed by atoms with E-state index in [1.165, 1.54) is 24.3 Å². The molecule has 1 saturated heterocycles. The van der Waals surface area contributed by atoms with Crippen LogP contribution >= 0.6 is 0 Å². The van der Waals surface area contributed by atoms with E-state index < -0.39 is 0 Å². The van der Waals surface area contributed by atoms with Crippen LogP contribution in [0.4, 0.5) is 9.18 Å². The first-order valence-electron chi connectivity index (χ1n) is 7.84. The average Bonchev–Trinajstić information content (AvgIpc) is 2.52. The summed E-state index contributed by atoms with van der Waals surface area (Å²) in [6.45, 7) is 8.77. The molecule has 1 aliphatic rings. The molecule has 6 heteroatoms. The Morgan fingerprint density at radius 3 is 2.09 bits per heavy atom. The third-order valence-electron chi connectivity index (χ3n) is 3.72. The van der Waals surface area contributed by atoms with Crippen LogP contribution in [0.2, 0.25) is 0 Å². The minimum Gasteiger partial charge on any atom is -0.337 e. The van der Waals surface area contributed by atoms with Gasteiger partial charge < -0.3 is 15.1 Å². The summed E-state index contributed by atoms with van der Waals surface area (Å²) < 4.78 is 12.9. The molecule has 3 amide bonds. The monoisotopic (exact) mass is 321 g/mol. The van der Waals surface area contributed by atoms with Gasteiger partial charge in [-0.1, -0.05) is 20.8 Å². The molecule has 1 N–H and O–H groups in total. The van der Waals surface area contributed by atoms with E-state index in [4.69, 9.17) is 0 Å². The van der Waals surface area contributed by atoms with Gasteiger partial charge in [0.25, 0.3) is 5.91 Å². The molecular formula is C17H24FN3O2. The SMILES string of the molecule is CC(C)(C)CNC(=O)N1CCN(C(=O)c2ccc(F)cc2)CC1. The Bertz CT molecular complexity index is 558. The van der Waals surface area contributed by atoms with Crippen molar-refractivity contribution >= 4 is 11.9 Å². The molecule has 1 aromatic rings. The molecule has 1 heterocycles. The number of nitrogens with zero attached hydrogens (tertiary/aromatic N) is 2. The van der Waals surface area contributed by atoms with Crippen LogP contribution in [-0.4, -0.2) is 54.5 Å². The van der Waals surface area contributed by atoms with Crippen LogP contribution in [0.5, 0.6) is 0 Å². The second-order valence-corrected chi connectivity index (χ2v) is 7.01. The molecule has 0 radical (unpaired) electrons. The zero-order valence-electron chi connectivity index (χ0n) is 13.9. The predicted octanol–water partition coefficient (Wildman–Crippen LogP) is 2.34. The number of rotatable bonds is 2. The minimum absolute atomic E-state index is 0.0377. The van der Waals surface area contributed by atoms with Gasteiger partial charge in [-0.15, -0.1) is 0 Å². The standard InChI is InChI=1S/C17H24FN3O2/c1-17(2,3)12-19-16(23)21-10-8-20(9-11-21)15(22)13-4-6-14(18)7-5-13/h4-7H,8-12H2,1-3H3,(H,19,23). The summed E-state index contributed by atoms with van der Waals surface area (Å²) >= 11 is 0. The first kappa shape index (κ1) is 17.2. The summed E-state index contributed by atoms with van der Waals surface area (Å²) in [7, 11) is 0. The van der Waals surface area contributed by atoms with Crippen molar-refractivity contribution < 1.29 is 14.0 Å². The summed E-state index contributed by atoms with van der Waals surface area (Å²) in [5.41, 5.74) is 0.507. The number of hydrogen-bond donors (Lipinski definition) is 1. The van der Waals surface area contributed by atoms with Crippen LogP contribution in [0, 0.1) is 11.2 Å². The normalized spacial score (nSPS) is 15.5. The fourth-order valence-corrected chi connectivity index (χ4v) is 2.34. The molecule has 0 spiro atoms. The molecule has 0 unspecified atom stereocenters. The summed E-state index contributed by atoms with van der Waals surface area (Å²) in [5, 5.41) is 2.92. The number of amides is 3. The van der Waals surface area contributed by atoms with Gasteiger partial charge in [-0.25, -0.2) is 9.18 Å². The molecule has 23 heavy (non-hydrogen) atoms. The third kappa shape index (κ3) is 4.94. The Morgan fingerprint density at radius 1 is 1.04 bits per heavy atom. The van der Waals surface area contributed by atoms with Gasteiger partial charge in [-0.05, 0) is 29.7 Å². The molecule has 0 atom stereocenters. The summed E-state index contributed by atoms with van der Waals surface area (Å²) in [6.07, 6.45) is 0. The van der Waals surface area contributed by atoms with Crippen LogP contribution in [-0.2, 0) is 0 Å². The number of hydrogen-bond acceptors (Lipinski definition) is 2. The number of nitrogens with one attached hydrogen (secondary N) is 1. The highest BCUT2D eigenvalue weighted by molar-refractivity contribution is 5.94. The van der Waals surface area contributed by atoms with Crippen LogP contribution in [0.3, 0.4) is 0 Å². The van der Waals surface area contributed by atoms with E-state index in [1.807, 2.05) is 0 Å². The second-order valence-electron chi connectivity index (χ2n) is 7.01. The summed E-state index contributed by atoms with van der Waals surface area (Å²) in [4.78, 5) is 27.8. The minimum atomic E-state index is -0.359. The lowest BCUT2D eigenvalue weighted by atomic mass is 9.97. The number of carbonyl (C=O) groups is 2. The smallest absolute Gasteiger partial charge is 0.317 e. The van der Waals surface area contributed by atoms with Crippen molar-refractivity contribution in [3.8, 4) is 0 Å². The molecule has 126 valence electrons. The Kier molecular flexibility index (Phi) is 5.23. The molecule has 0 bridgehead atoms. The van der Waals surface area contributed by atoms with Crippen molar-refractivity contribution in [3.63, 3.8) is 0 Å². The maximum atomic E-state index is 12.9. The molecule has 1 aliphatic heterocycles. The Labute approximate surface area is 136 Å². The van der Waals surface area contributed by atoms with Crippen molar-refractivity contribution in [2.24, 2.45) is 5.41 Å². The fourth-order valence-electron chi connectivity index (χ4n) is 2.34. The van der Waals surface area contributed by atoms with E-state index in [1.54, 1.807) is 9.80 Å². The highest BCUT2D eigenvalue weighted by atomic mass is 19.1. The van der Waals surface area contributed by atoms with Crippen molar-refractivity contribution in [2.75, 3.05) is 32.7 Å². The quantitative estimate of drug-likeness (QED) is 0.909. The highest BCUT2D eigenvalue weighted by Crippen LogP contribution is 2.12. The third-order valence-corrected chi connectivity index (χ3v) is 3.72. The second kappa shape index (κ2) is 6.98. The largest absolute Gasteiger partial charge is 0.337 e. The lowest BCUT2D eigenvalue weighted by Gasteiger charge is -2.35. The lowest BCUT2D eigenvalue weighted by molar-refractivity contribution is 0.0664. The van der Waals surface area contributed by atoms with Gasteiger partial charge in [0.1, 0.15) is 5.82 Å². The molecule has 1 aromatic carbocycles. The first-order chi connectivity index (χ1) is 10.8. The van der Waals surface area contributed by atoms with Gasteiger partial charge in [-0.3, -0.25) is 4.79 Å². The average molecular weight is 321 g/mol. The zero-order chi connectivity index (χ0) is 17.0. The van der Waals surface area contributed by atoms with E-state index in [9.17, 15) is 14.0 Å².